The molecule has 3 aromatic rings. The first-order valence-electron chi connectivity index (χ1n) is 9.55. The van der Waals surface area contributed by atoms with E-state index < -0.39 is 18.4 Å². The van der Waals surface area contributed by atoms with E-state index in [2.05, 4.69) is 4.98 Å². The molecule has 30 heavy (non-hydrogen) atoms. The molecular formula is C22H19FN2O5. The number of nitrogens with zero attached hydrogens (tertiary/aromatic N) is 1. The number of esters is 1. The first-order chi connectivity index (χ1) is 14.5. The second-order valence-corrected chi connectivity index (χ2v) is 6.97. The molecule has 1 aliphatic rings. The molecule has 0 aliphatic carbocycles. The Morgan fingerprint density at radius 3 is 2.53 bits per heavy atom. The van der Waals surface area contributed by atoms with Crippen LogP contribution in [-0.4, -0.2) is 47.2 Å². The molecule has 0 saturated carbocycles. The number of ketones is 1. The number of carbonyl (C=O) groups excluding carboxylic acids is 3. The van der Waals surface area contributed by atoms with Crippen LogP contribution in [0.4, 0.5) is 4.39 Å². The molecule has 0 unspecified atom stereocenters. The number of hydrogen-bond acceptors (Lipinski definition) is 5. The highest BCUT2D eigenvalue weighted by molar-refractivity contribution is 6.02. The van der Waals surface area contributed by atoms with Crippen molar-refractivity contribution in [2.75, 3.05) is 19.7 Å². The summed E-state index contributed by atoms with van der Waals surface area (Å²) in [6.07, 6.45) is 3.38. The van der Waals surface area contributed by atoms with Crippen LogP contribution < -0.4 is 0 Å². The molecule has 4 rings (SSSR count). The summed E-state index contributed by atoms with van der Waals surface area (Å²) in [7, 11) is 0. The van der Waals surface area contributed by atoms with Crippen molar-refractivity contribution in [1.82, 2.24) is 9.88 Å². The van der Waals surface area contributed by atoms with E-state index in [-0.39, 0.29) is 23.0 Å². The van der Waals surface area contributed by atoms with Gasteiger partial charge in [-0.1, -0.05) is 0 Å². The molecule has 0 radical (unpaired) electrons. The van der Waals surface area contributed by atoms with Gasteiger partial charge in [0.05, 0.1) is 0 Å². The number of hydrogen-bond donors (Lipinski definition) is 1. The minimum Gasteiger partial charge on any atom is -0.451 e. The quantitative estimate of drug-likeness (QED) is 0.494. The van der Waals surface area contributed by atoms with Gasteiger partial charge in [-0.3, -0.25) is 9.59 Å². The van der Waals surface area contributed by atoms with Gasteiger partial charge in [0.2, 0.25) is 11.5 Å². The number of aromatic nitrogens is 1. The van der Waals surface area contributed by atoms with Gasteiger partial charge in [0, 0.05) is 30.4 Å². The summed E-state index contributed by atoms with van der Waals surface area (Å²) in [5, 5.41) is 0. The number of nitrogens with one attached hydrogen (secondary N) is 1. The predicted octanol–water partition coefficient (Wildman–Crippen LogP) is 3.69. The van der Waals surface area contributed by atoms with Gasteiger partial charge in [-0.05, 0) is 55.3 Å². The fourth-order valence-corrected chi connectivity index (χ4v) is 3.27. The van der Waals surface area contributed by atoms with Crippen LogP contribution in [0, 0.1) is 5.82 Å². The highest BCUT2D eigenvalue weighted by Gasteiger charge is 2.22. The van der Waals surface area contributed by atoms with E-state index >= 15 is 0 Å². The molecule has 1 aromatic carbocycles. The van der Waals surface area contributed by atoms with E-state index in [1.807, 2.05) is 0 Å². The van der Waals surface area contributed by atoms with Crippen molar-refractivity contribution in [3.63, 3.8) is 0 Å². The molecule has 1 aliphatic heterocycles. The van der Waals surface area contributed by atoms with Gasteiger partial charge in [0.15, 0.2) is 6.61 Å². The number of likely N-dealkylation sites (tertiary alicyclic amines) is 1. The second kappa shape index (κ2) is 8.36. The van der Waals surface area contributed by atoms with Gasteiger partial charge < -0.3 is 19.0 Å². The Labute approximate surface area is 171 Å². The zero-order chi connectivity index (χ0) is 21.1. The Morgan fingerprint density at radius 1 is 1.07 bits per heavy atom. The lowest BCUT2D eigenvalue weighted by atomic mass is 10.2. The van der Waals surface area contributed by atoms with E-state index in [1.165, 1.54) is 42.6 Å². The van der Waals surface area contributed by atoms with Crippen molar-refractivity contribution in [2.45, 2.75) is 12.8 Å². The number of aromatic amines is 1. The molecule has 154 valence electrons. The largest absolute Gasteiger partial charge is 0.451 e. The number of carbonyl (C=O) groups is 3. The maximum absolute atomic E-state index is 13.0. The van der Waals surface area contributed by atoms with Crippen LogP contribution in [0.3, 0.4) is 0 Å². The zero-order valence-electron chi connectivity index (χ0n) is 16.0. The number of H-pyrrole nitrogens is 1. The highest BCUT2D eigenvalue weighted by Crippen LogP contribution is 2.23. The molecule has 1 N–H and O–H groups in total. The van der Waals surface area contributed by atoms with Crippen LogP contribution in [0.5, 0.6) is 0 Å². The normalized spacial score (nSPS) is 13.4. The Morgan fingerprint density at radius 2 is 1.80 bits per heavy atom. The van der Waals surface area contributed by atoms with Crippen molar-refractivity contribution < 1.29 is 27.9 Å². The molecule has 1 amide bonds. The monoisotopic (exact) mass is 410 g/mol. The fourth-order valence-electron chi connectivity index (χ4n) is 3.27. The number of ether oxygens (including phenoxy) is 1. The van der Waals surface area contributed by atoms with Gasteiger partial charge in [0.25, 0.3) is 5.91 Å². The highest BCUT2D eigenvalue weighted by atomic mass is 19.1. The van der Waals surface area contributed by atoms with E-state index in [0.717, 1.165) is 12.8 Å². The summed E-state index contributed by atoms with van der Waals surface area (Å²) in [6, 6.07) is 10.1. The van der Waals surface area contributed by atoms with Crippen molar-refractivity contribution >= 4 is 17.7 Å². The lowest BCUT2D eigenvalue weighted by molar-refractivity contribution is 0.0445. The van der Waals surface area contributed by atoms with Crippen LogP contribution in [-0.2, 0) is 4.74 Å². The topological polar surface area (TPSA) is 92.6 Å². The molecule has 0 bridgehead atoms. The molecule has 3 heterocycles. The van der Waals surface area contributed by atoms with E-state index in [1.54, 1.807) is 11.0 Å². The number of halogens is 1. The van der Waals surface area contributed by atoms with Gasteiger partial charge in [-0.2, -0.15) is 0 Å². The Kier molecular flexibility index (Phi) is 5.47. The SMILES string of the molecule is O=C(COC(=O)c1ccc(-c2ccc(F)cc2)o1)c1c[nH]c(C(=O)N2CCCC2)c1. The lowest BCUT2D eigenvalue weighted by Crippen LogP contribution is -2.27. The van der Waals surface area contributed by atoms with Crippen LogP contribution >= 0.6 is 0 Å². The van der Waals surface area contributed by atoms with E-state index in [4.69, 9.17) is 9.15 Å². The minimum atomic E-state index is -0.791. The Hall–Kier alpha value is -3.68. The zero-order valence-corrected chi connectivity index (χ0v) is 16.0. The summed E-state index contributed by atoms with van der Waals surface area (Å²) in [4.78, 5) is 41.4. The van der Waals surface area contributed by atoms with Crippen molar-refractivity contribution in [3.8, 4) is 11.3 Å². The predicted molar refractivity (Wildman–Crippen MR) is 105 cm³/mol. The molecule has 8 heteroatoms. The maximum Gasteiger partial charge on any atom is 0.374 e. The summed E-state index contributed by atoms with van der Waals surface area (Å²) >= 11 is 0. The second-order valence-electron chi connectivity index (χ2n) is 6.97. The summed E-state index contributed by atoms with van der Waals surface area (Å²) in [5.41, 5.74) is 1.20. The average Bonchev–Trinajstić information content (AvgIpc) is 3.53. The van der Waals surface area contributed by atoms with Gasteiger partial charge >= 0.3 is 5.97 Å². The summed E-state index contributed by atoms with van der Waals surface area (Å²) in [5.74, 6) is -1.44. The number of amides is 1. The lowest BCUT2D eigenvalue weighted by Gasteiger charge is -2.13. The molecule has 7 nitrogen and oxygen atoms in total. The number of furan rings is 1. The summed E-state index contributed by atoms with van der Waals surface area (Å²) < 4.78 is 23.5. The average molecular weight is 410 g/mol. The Balaban J connectivity index is 1.34. The van der Waals surface area contributed by atoms with E-state index in [9.17, 15) is 18.8 Å². The summed E-state index contributed by atoms with van der Waals surface area (Å²) in [6.45, 7) is 0.935. The maximum atomic E-state index is 13.0. The Bertz CT molecular complexity index is 1080. The number of benzene rings is 1. The van der Waals surface area contributed by atoms with Gasteiger partial charge in [-0.15, -0.1) is 0 Å². The third-order valence-corrected chi connectivity index (χ3v) is 4.90. The van der Waals surface area contributed by atoms with Crippen LogP contribution in [0.2, 0.25) is 0 Å². The van der Waals surface area contributed by atoms with Crippen LogP contribution in [0.15, 0.2) is 53.1 Å². The van der Waals surface area contributed by atoms with Crippen LogP contribution in [0.25, 0.3) is 11.3 Å². The molecule has 2 aromatic heterocycles. The first kappa shape index (κ1) is 19.6. The third kappa shape index (κ3) is 4.17. The minimum absolute atomic E-state index is 0.0684. The van der Waals surface area contributed by atoms with Crippen molar-refractivity contribution in [3.05, 3.63) is 71.5 Å². The number of Topliss-reactive ketones (excluding diaryl/α,β-unsaturated/α-hetero) is 1. The van der Waals surface area contributed by atoms with Crippen LogP contribution in [0.1, 0.15) is 44.2 Å². The van der Waals surface area contributed by atoms with Crippen molar-refractivity contribution in [1.29, 1.82) is 0 Å². The first-order valence-corrected chi connectivity index (χ1v) is 9.55. The molecule has 0 atom stereocenters. The van der Waals surface area contributed by atoms with E-state index in [0.29, 0.717) is 30.1 Å². The molecule has 0 spiro atoms. The molecule has 1 saturated heterocycles. The fraction of sp³-hybridized carbons (Fsp3) is 0.227. The number of rotatable bonds is 6. The third-order valence-electron chi connectivity index (χ3n) is 4.90. The standard InChI is InChI=1S/C22H19FN2O5/c23-16-5-3-14(4-6-16)19-7-8-20(30-19)22(28)29-13-18(26)15-11-17(24-12-15)21(27)25-9-1-2-10-25/h3-8,11-12,24H,1-2,9-10,13H2. The smallest absolute Gasteiger partial charge is 0.374 e. The molecular weight excluding hydrogens is 391 g/mol. The molecule has 1 fully saturated rings. The van der Waals surface area contributed by atoms with Crippen molar-refractivity contribution in [2.24, 2.45) is 0 Å². The van der Waals surface area contributed by atoms with Gasteiger partial charge in [0.1, 0.15) is 17.3 Å². The van der Waals surface area contributed by atoms with Gasteiger partial charge in [-0.25, -0.2) is 9.18 Å².